The average molecular weight is 358 g/mol. The highest BCUT2D eigenvalue weighted by Gasteiger charge is 2.13. The molecule has 0 atom stereocenters. The van der Waals surface area contributed by atoms with Crippen LogP contribution in [0.2, 0.25) is 10.0 Å². The van der Waals surface area contributed by atoms with Crippen molar-refractivity contribution in [1.29, 1.82) is 0 Å². The van der Waals surface area contributed by atoms with E-state index < -0.39 is 0 Å². The van der Waals surface area contributed by atoms with E-state index >= 15 is 0 Å². The van der Waals surface area contributed by atoms with Gasteiger partial charge < -0.3 is 4.57 Å². The van der Waals surface area contributed by atoms with Gasteiger partial charge in [-0.25, -0.2) is 0 Å². The number of hydrogen-bond acceptors (Lipinski definition) is 1. The van der Waals surface area contributed by atoms with Gasteiger partial charge in [-0.15, -0.1) is 0 Å². The molecule has 1 heterocycles. The van der Waals surface area contributed by atoms with Gasteiger partial charge in [0, 0.05) is 45.7 Å². The first-order valence-electron chi connectivity index (χ1n) is 7.68. The summed E-state index contributed by atoms with van der Waals surface area (Å²) in [6.07, 6.45) is 2.22. The van der Waals surface area contributed by atoms with Crippen molar-refractivity contribution in [2.75, 3.05) is 0 Å². The Balaban J connectivity index is 2.10. The van der Waals surface area contributed by atoms with Crippen molar-refractivity contribution in [2.24, 2.45) is 0 Å². The largest absolute Gasteiger partial charge is 0.321 e. The van der Waals surface area contributed by atoms with Crippen LogP contribution in [-0.4, -0.2) is 4.57 Å². The minimum Gasteiger partial charge on any atom is -0.321 e. The number of benzene rings is 2. The lowest BCUT2D eigenvalue weighted by Gasteiger charge is -2.15. The van der Waals surface area contributed by atoms with Crippen LogP contribution >= 0.6 is 23.2 Å². The minimum absolute atomic E-state index is 0.00755. The van der Waals surface area contributed by atoms with E-state index in [0.717, 1.165) is 16.9 Å². The summed E-state index contributed by atoms with van der Waals surface area (Å²) in [5.74, 6) is 0. The highest BCUT2D eigenvalue weighted by molar-refractivity contribution is 6.36. The van der Waals surface area contributed by atoms with E-state index in [0.29, 0.717) is 22.0 Å². The van der Waals surface area contributed by atoms with Crippen LogP contribution in [0, 0.1) is 13.8 Å². The first-order chi connectivity index (χ1) is 11.5. The molecular formula is C20H17Cl2NO. The first-order valence-corrected chi connectivity index (χ1v) is 8.44. The van der Waals surface area contributed by atoms with Crippen molar-refractivity contribution in [3.8, 4) is 5.69 Å². The Labute approximate surface area is 151 Å². The van der Waals surface area contributed by atoms with Gasteiger partial charge in [0.2, 0.25) is 0 Å². The van der Waals surface area contributed by atoms with Gasteiger partial charge in [0.15, 0.2) is 5.43 Å². The Morgan fingerprint density at radius 1 is 0.875 bits per heavy atom. The summed E-state index contributed by atoms with van der Waals surface area (Å²) in [7, 11) is 0. The molecule has 0 spiro atoms. The van der Waals surface area contributed by atoms with Crippen LogP contribution in [0.3, 0.4) is 0 Å². The highest BCUT2D eigenvalue weighted by Crippen LogP contribution is 2.27. The van der Waals surface area contributed by atoms with Gasteiger partial charge in [-0.1, -0.05) is 47.0 Å². The molecule has 0 aliphatic heterocycles. The Bertz CT molecular complexity index is 923. The van der Waals surface area contributed by atoms with Crippen molar-refractivity contribution < 1.29 is 0 Å². The molecule has 0 radical (unpaired) electrons. The molecule has 1 aromatic heterocycles. The molecule has 0 unspecified atom stereocenters. The molecule has 0 N–H and O–H groups in total. The van der Waals surface area contributed by atoms with E-state index in [1.807, 2.05) is 30.5 Å². The van der Waals surface area contributed by atoms with Crippen molar-refractivity contribution in [3.05, 3.63) is 97.4 Å². The van der Waals surface area contributed by atoms with E-state index in [1.165, 1.54) is 5.56 Å². The number of nitrogens with zero attached hydrogens (tertiary/aromatic N) is 1. The second-order valence-electron chi connectivity index (χ2n) is 5.83. The fourth-order valence-electron chi connectivity index (χ4n) is 2.76. The molecule has 0 aliphatic rings. The summed E-state index contributed by atoms with van der Waals surface area (Å²) in [5, 5.41) is 1.15. The highest BCUT2D eigenvalue weighted by atomic mass is 35.5. The molecule has 0 amide bonds. The predicted octanol–water partition coefficient (Wildman–Crippen LogP) is 5.35. The molecule has 0 bridgehead atoms. The summed E-state index contributed by atoms with van der Waals surface area (Å²) < 4.78 is 2.01. The van der Waals surface area contributed by atoms with Crippen molar-refractivity contribution in [2.45, 2.75) is 20.3 Å². The average Bonchev–Trinajstić information content (AvgIpc) is 2.55. The van der Waals surface area contributed by atoms with E-state index in [2.05, 4.69) is 12.1 Å². The maximum atomic E-state index is 12.4. The number of pyridine rings is 1. The van der Waals surface area contributed by atoms with Crippen LogP contribution in [0.4, 0.5) is 0 Å². The third-order valence-electron chi connectivity index (χ3n) is 4.20. The van der Waals surface area contributed by atoms with Gasteiger partial charge >= 0.3 is 0 Å². The molecule has 2 nitrogen and oxygen atoms in total. The zero-order valence-corrected chi connectivity index (χ0v) is 15.0. The van der Waals surface area contributed by atoms with Crippen LogP contribution in [0.1, 0.15) is 22.4 Å². The number of aryl methyl sites for hydroxylation is 1. The Kier molecular flexibility index (Phi) is 4.79. The third kappa shape index (κ3) is 3.26. The van der Waals surface area contributed by atoms with Gasteiger partial charge in [0.1, 0.15) is 0 Å². The number of halogens is 2. The topological polar surface area (TPSA) is 22.0 Å². The van der Waals surface area contributed by atoms with Crippen LogP contribution in [0.25, 0.3) is 5.69 Å². The molecule has 24 heavy (non-hydrogen) atoms. The SMILES string of the molecule is Cc1ccc(-n2ccc(=O)c(Cc3c(Cl)cccc3Cl)c2C)cc1. The Hall–Kier alpha value is -2.03. The van der Waals surface area contributed by atoms with Crippen molar-refractivity contribution >= 4 is 23.2 Å². The second-order valence-corrected chi connectivity index (χ2v) is 6.64. The van der Waals surface area contributed by atoms with Crippen molar-refractivity contribution in [1.82, 2.24) is 4.57 Å². The third-order valence-corrected chi connectivity index (χ3v) is 4.91. The fraction of sp³-hybridized carbons (Fsp3) is 0.150. The second kappa shape index (κ2) is 6.84. The van der Waals surface area contributed by atoms with Gasteiger partial charge in [-0.3, -0.25) is 4.79 Å². The molecule has 2 aromatic carbocycles. The summed E-state index contributed by atoms with van der Waals surface area (Å²) >= 11 is 12.5. The fourth-order valence-corrected chi connectivity index (χ4v) is 3.29. The van der Waals surface area contributed by atoms with Gasteiger partial charge in [-0.05, 0) is 43.7 Å². The molecular weight excluding hydrogens is 341 g/mol. The first kappa shape index (κ1) is 16.8. The smallest absolute Gasteiger partial charge is 0.185 e. The van der Waals surface area contributed by atoms with Crippen LogP contribution in [0.15, 0.2) is 59.5 Å². The number of aromatic nitrogens is 1. The molecule has 3 rings (SSSR count). The van der Waals surface area contributed by atoms with Crippen LogP contribution in [0.5, 0.6) is 0 Å². The van der Waals surface area contributed by atoms with Crippen molar-refractivity contribution in [3.63, 3.8) is 0 Å². The zero-order chi connectivity index (χ0) is 17.3. The maximum Gasteiger partial charge on any atom is 0.185 e. The quantitative estimate of drug-likeness (QED) is 0.618. The molecule has 4 heteroatoms. The Morgan fingerprint density at radius 2 is 1.50 bits per heavy atom. The van der Waals surface area contributed by atoms with E-state index in [4.69, 9.17) is 23.2 Å². The maximum absolute atomic E-state index is 12.4. The summed E-state index contributed by atoms with van der Waals surface area (Å²) in [4.78, 5) is 12.4. The lowest BCUT2D eigenvalue weighted by molar-refractivity contribution is 0.930. The van der Waals surface area contributed by atoms with E-state index in [1.54, 1.807) is 30.5 Å². The molecule has 0 fully saturated rings. The molecule has 0 saturated heterocycles. The lowest BCUT2D eigenvalue weighted by atomic mass is 10.0. The standard InChI is InChI=1S/C20H17Cl2NO/c1-13-6-8-15(9-7-13)23-11-10-20(24)16(14(23)2)12-17-18(21)4-3-5-19(17)22/h3-11H,12H2,1-2H3. The molecule has 0 saturated carbocycles. The summed E-state index contributed by atoms with van der Waals surface area (Å²) in [6, 6.07) is 15.2. The molecule has 0 aliphatic carbocycles. The van der Waals surface area contributed by atoms with Crippen LogP contribution < -0.4 is 5.43 Å². The Morgan fingerprint density at radius 3 is 2.12 bits per heavy atom. The number of rotatable bonds is 3. The van der Waals surface area contributed by atoms with Gasteiger partial charge in [0.05, 0.1) is 0 Å². The van der Waals surface area contributed by atoms with E-state index in [-0.39, 0.29) is 5.43 Å². The monoisotopic (exact) mass is 357 g/mol. The van der Waals surface area contributed by atoms with Gasteiger partial charge in [0.25, 0.3) is 0 Å². The normalized spacial score (nSPS) is 10.8. The van der Waals surface area contributed by atoms with Gasteiger partial charge in [-0.2, -0.15) is 0 Å². The molecule has 122 valence electrons. The lowest BCUT2D eigenvalue weighted by Crippen LogP contribution is -2.16. The minimum atomic E-state index is -0.00755. The summed E-state index contributed by atoms with van der Waals surface area (Å²) in [5.41, 5.74) is 4.58. The number of hydrogen-bond donors (Lipinski definition) is 0. The zero-order valence-electron chi connectivity index (χ0n) is 13.5. The molecule has 3 aromatic rings. The van der Waals surface area contributed by atoms with Crippen LogP contribution in [-0.2, 0) is 6.42 Å². The predicted molar refractivity (Wildman–Crippen MR) is 101 cm³/mol. The summed E-state index contributed by atoms with van der Waals surface area (Å²) in [6.45, 7) is 3.99. The van der Waals surface area contributed by atoms with E-state index in [9.17, 15) is 4.79 Å².